The van der Waals surface area contributed by atoms with Crippen LogP contribution in [0, 0.1) is 13.8 Å². The Balaban J connectivity index is 2.35. The summed E-state index contributed by atoms with van der Waals surface area (Å²) in [6.45, 7) is 3.57. The van der Waals surface area contributed by atoms with Crippen LogP contribution in [-0.2, 0) is 6.18 Å². The molecule has 0 unspecified atom stereocenters. The molecule has 1 N–H and O–H groups in total. The first-order chi connectivity index (χ1) is 9.70. The van der Waals surface area contributed by atoms with Gasteiger partial charge in [0, 0.05) is 15.9 Å². The molecule has 7 heteroatoms. The molecule has 0 aliphatic rings. The molecule has 0 aliphatic carbocycles. The zero-order valence-electron chi connectivity index (χ0n) is 11.3. The van der Waals surface area contributed by atoms with Gasteiger partial charge in [-0.2, -0.15) is 13.2 Å². The van der Waals surface area contributed by atoms with Gasteiger partial charge in [0.2, 0.25) is 0 Å². The largest absolute Gasteiger partial charge is 0.416 e. The van der Waals surface area contributed by atoms with E-state index in [0.29, 0.717) is 4.47 Å². The highest BCUT2D eigenvalue weighted by Gasteiger charge is 2.31. The van der Waals surface area contributed by atoms with Crippen LogP contribution in [0.4, 0.5) is 13.2 Å². The van der Waals surface area contributed by atoms with Gasteiger partial charge in [0.1, 0.15) is 0 Å². The molecular formula is C14H12BrF3N2O. The Morgan fingerprint density at radius 1 is 1.14 bits per heavy atom. The van der Waals surface area contributed by atoms with Gasteiger partial charge in [-0.1, -0.05) is 0 Å². The van der Waals surface area contributed by atoms with Crippen molar-refractivity contribution in [3.05, 3.63) is 57.3 Å². The second kappa shape index (κ2) is 5.55. The maximum Gasteiger partial charge on any atom is 0.416 e. The van der Waals surface area contributed by atoms with Crippen LogP contribution in [0.2, 0.25) is 0 Å². The van der Waals surface area contributed by atoms with Gasteiger partial charge < -0.3 is 0 Å². The summed E-state index contributed by atoms with van der Waals surface area (Å²) in [7, 11) is 0. The molecule has 0 atom stereocenters. The monoisotopic (exact) mass is 360 g/mol. The number of nitrogens with one attached hydrogen (secondary N) is 1. The van der Waals surface area contributed by atoms with Crippen molar-refractivity contribution in [2.75, 3.05) is 5.43 Å². The first-order valence-electron chi connectivity index (χ1n) is 6.03. The molecule has 0 fully saturated rings. The van der Waals surface area contributed by atoms with Gasteiger partial charge in [0.05, 0.1) is 11.1 Å². The van der Waals surface area contributed by atoms with Crippen molar-refractivity contribution in [1.29, 1.82) is 0 Å². The van der Waals surface area contributed by atoms with Crippen LogP contribution in [0.5, 0.6) is 0 Å². The Bertz CT molecular complexity index is 673. The first kappa shape index (κ1) is 15.6. The van der Waals surface area contributed by atoms with Crippen LogP contribution in [-0.4, -0.2) is 10.6 Å². The molecule has 0 aliphatic heterocycles. The van der Waals surface area contributed by atoms with Gasteiger partial charge >= 0.3 is 6.18 Å². The molecule has 1 heterocycles. The van der Waals surface area contributed by atoms with Crippen molar-refractivity contribution in [2.24, 2.45) is 0 Å². The van der Waals surface area contributed by atoms with E-state index >= 15 is 0 Å². The van der Waals surface area contributed by atoms with E-state index in [1.165, 1.54) is 10.7 Å². The smallest absolute Gasteiger partial charge is 0.267 e. The molecule has 1 amide bonds. The number of rotatable bonds is 2. The Kier molecular flexibility index (Phi) is 4.13. The molecule has 3 nitrogen and oxygen atoms in total. The van der Waals surface area contributed by atoms with Crippen molar-refractivity contribution < 1.29 is 18.0 Å². The average Bonchev–Trinajstić information content (AvgIpc) is 2.69. The van der Waals surface area contributed by atoms with Crippen LogP contribution in [0.15, 0.2) is 34.8 Å². The van der Waals surface area contributed by atoms with Crippen molar-refractivity contribution in [3.8, 4) is 0 Å². The van der Waals surface area contributed by atoms with E-state index in [2.05, 4.69) is 21.4 Å². The highest BCUT2D eigenvalue weighted by atomic mass is 79.9. The summed E-state index contributed by atoms with van der Waals surface area (Å²) in [5.41, 5.74) is 3.20. The van der Waals surface area contributed by atoms with Gasteiger partial charge in [-0.25, -0.2) is 0 Å². The Labute approximate surface area is 127 Å². The zero-order chi connectivity index (χ0) is 15.8. The lowest BCUT2D eigenvalue weighted by Crippen LogP contribution is -2.25. The maximum atomic E-state index is 12.7. The molecule has 0 saturated heterocycles. The summed E-state index contributed by atoms with van der Waals surface area (Å²) in [6.07, 6.45) is -4.49. The summed E-state index contributed by atoms with van der Waals surface area (Å²) in [4.78, 5) is 12.2. The molecule has 21 heavy (non-hydrogen) atoms. The fraction of sp³-hybridized carbons (Fsp3) is 0.214. The number of hydrogen-bond acceptors (Lipinski definition) is 1. The molecule has 0 spiro atoms. The minimum atomic E-state index is -4.49. The number of nitrogens with zero attached hydrogens (tertiary/aromatic N) is 1. The molecule has 112 valence electrons. The third kappa shape index (κ3) is 3.29. The van der Waals surface area contributed by atoms with E-state index in [1.807, 2.05) is 0 Å². The van der Waals surface area contributed by atoms with Gasteiger partial charge in [-0.3, -0.25) is 14.9 Å². The number of amides is 1. The maximum absolute atomic E-state index is 12.7. The molecule has 2 rings (SSSR count). The predicted octanol–water partition coefficient (Wildman–Crippen LogP) is 4.27. The Morgan fingerprint density at radius 2 is 1.71 bits per heavy atom. The van der Waals surface area contributed by atoms with E-state index < -0.39 is 17.6 Å². The van der Waals surface area contributed by atoms with Gasteiger partial charge in [0.25, 0.3) is 5.91 Å². The highest BCUT2D eigenvalue weighted by molar-refractivity contribution is 9.10. The van der Waals surface area contributed by atoms with Crippen LogP contribution >= 0.6 is 15.9 Å². The number of hydrogen-bond donors (Lipinski definition) is 1. The molecular weight excluding hydrogens is 349 g/mol. The number of halogens is 4. The lowest BCUT2D eigenvalue weighted by Gasteiger charge is -2.14. The second-order valence-corrected chi connectivity index (χ2v) is 5.44. The lowest BCUT2D eigenvalue weighted by atomic mass is 10.1. The normalized spacial score (nSPS) is 11.5. The topological polar surface area (TPSA) is 34.0 Å². The van der Waals surface area contributed by atoms with E-state index in [1.54, 1.807) is 26.0 Å². The summed E-state index contributed by atoms with van der Waals surface area (Å²) >= 11 is 3.10. The van der Waals surface area contributed by atoms with E-state index in [-0.39, 0.29) is 5.56 Å². The number of alkyl halides is 3. The van der Waals surface area contributed by atoms with Crippen molar-refractivity contribution in [2.45, 2.75) is 20.0 Å². The molecule has 2 aromatic rings. The quantitative estimate of drug-likeness (QED) is 0.852. The van der Waals surface area contributed by atoms with Crippen LogP contribution < -0.4 is 5.43 Å². The number of carbonyl (C=O) groups is 1. The average molecular weight is 361 g/mol. The van der Waals surface area contributed by atoms with E-state index in [9.17, 15) is 18.0 Å². The number of carbonyl (C=O) groups excluding carboxylic acids is 1. The fourth-order valence-corrected chi connectivity index (χ4v) is 2.31. The highest BCUT2D eigenvalue weighted by Crippen LogP contribution is 2.32. The van der Waals surface area contributed by atoms with Crippen LogP contribution in [0.3, 0.4) is 0 Å². The minimum Gasteiger partial charge on any atom is -0.267 e. The van der Waals surface area contributed by atoms with Crippen LogP contribution in [0.1, 0.15) is 27.3 Å². The molecule has 1 aromatic carbocycles. The molecule has 0 radical (unpaired) electrons. The minimum absolute atomic E-state index is 0.0719. The molecule has 1 aromatic heterocycles. The van der Waals surface area contributed by atoms with Gasteiger partial charge in [-0.05, 0) is 60.1 Å². The third-order valence-electron chi connectivity index (χ3n) is 3.02. The van der Waals surface area contributed by atoms with Crippen molar-refractivity contribution >= 4 is 21.8 Å². The third-order valence-corrected chi connectivity index (χ3v) is 3.71. The first-order valence-corrected chi connectivity index (χ1v) is 6.82. The second-order valence-electron chi connectivity index (χ2n) is 4.58. The van der Waals surface area contributed by atoms with E-state index in [0.717, 1.165) is 23.5 Å². The fourth-order valence-electron chi connectivity index (χ4n) is 1.88. The van der Waals surface area contributed by atoms with Crippen molar-refractivity contribution in [1.82, 2.24) is 4.68 Å². The number of benzene rings is 1. The molecule has 0 saturated carbocycles. The van der Waals surface area contributed by atoms with Gasteiger partial charge in [0.15, 0.2) is 0 Å². The summed E-state index contributed by atoms with van der Waals surface area (Å²) in [6, 6.07) is 6.57. The lowest BCUT2D eigenvalue weighted by molar-refractivity contribution is -0.137. The zero-order valence-corrected chi connectivity index (χ0v) is 12.8. The van der Waals surface area contributed by atoms with Crippen LogP contribution in [0.25, 0.3) is 0 Å². The van der Waals surface area contributed by atoms with Crippen molar-refractivity contribution in [3.63, 3.8) is 0 Å². The predicted molar refractivity (Wildman–Crippen MR) is 76.7 cm³/mol. The number of aromatic nitrogens is 1. The Morgan fingerprint density at radius 3 is 2.24 bits per heavy atom. The standard InChI is InChI=1S/C14H12BrF3N2O/c1-8-3-4-9(2)20(8)19-13(21)11-7-10(14(16,17)18)5-6-12(11)15/h3-7H,1-2H3,(H,19,21). The number of aryl methyl sites for hydroxylation is 2. The summed E-state index contributed by atoms with van der Waals surface area (Å²) in [5, 5.41) is 0. The van der Waals surface area contributed by atoms with E-state index in [4.69, 9.17) is 0 Å². The summed E-state index contributed by atoms with van der Waals surface area (Å²) < 4.78 is 40.0. The SMILES string of the molecule is Cc1ccc(C)n1NC(=O)c1cc(C(F)(F)F)ccc1Br. The van der Waals surface area contributed by atoms with Gasteiger partial charge in [-0.15, -0.1) is 0 Å². The molecule has 0 bridgehead atoms. The summed E-state index contributed by atoms with van der Waals surface area (Å²) in [5.74, 6) is -0.615. The Hall–Kier alpha value is -1.76.